The molecule has 0 fully saturated rings. The number of phenolic OH excluding ortho intramolecular Hbond substituents is 1. The molecule has 0 amide bonds. The molecule has 5 heteroatoms. The van der Waals surface area contributed by atoms with Gasteiger partial charge in [-0.25, -0.2) is 4.39 Å². The van der Waals surface area contributed by atoms with E-state index in [0.29, 0.717) is 27.6 Å². The average Bonchev–Trinajstić information content (AvgIpc) is 2.45. The van der Waals surface area contributed by atoms with Crippen LogP contribution >= 0.6 is 11.6 Å². The van der Waals surface area contributed by atoms with Gasteiger partial charge in [-0.05, 0) is 17.7 Å². The van der Waals surface area contributed by atoms with Gasteiger partial charge < -0.3 is 9.84 Å². The largest absolute Gasteiger partial charge is 0.505 e. The Kier molecular flexibility index (Phi) is 4.25. The van der Waals surface area contributed by atoms with Crippen LogP contribution in [-0.2, 0) is 11.2 Å². The topological polar surface area (TPSA) is 42.4 Å². The zero-order valence-corrected chi connectivity index (χ0v) is 11.6. The number of rotatable bonds is 4. The predicted octanol–water partition coefficient (Wildman–Crippen LogP) is 3.79. The van der Waals surface area contributed by atoms with Gasteiger partial charge in [0.2, 0.25) is 0 Å². The minimum atomic E-state index is -0.642. The SMILES string of the molecule is C=C(OC)c1cc(Cc2cccc(O)c2F)ncc1Cl. The van der Waals surface area contributed by atoms with Gasteiger partial charge in [-0.1, -0.05) is 30.3 Å². The van der Waals surface area contributed by atoms with Crippen molar-refractivity contribution in [3.05, 3.63) is 64.7 Å². The van der Waals surface area contributed by atoms with E-state index in [0.717, 1.165) is 0 Å². The Labute approximate surface area is 121 Å². The highest BCUT2D eigenvalue weighted by molar-refractivity contribution is 6.32. The zero-order chi connectivity index (χ0) is 14.7. The van der Waals surface area contributed by atoms with Crippen LogP contribution in [0.3, 0.4) is 0 Å². The van der Waals surface area contributed by atoms with Crippen LogP contribution in [0.1, 0.15) is 16.8 Å². The first-order chi connectivity index (χ1) is 9.52. The van der Waals surface area contributed by atoms with Crippen molar-refractivity contribution in [2.24, 2.45) is 0 Å². The van der Waals surface area contributed by atoms with Crippen molar-refractivity contribution in [2.75, 3.05) is 7.11 Å². The lowest BCUT2D eigenvalue weighted by Gasteiger charge is -2.09. The van der Waals surface area contributed by atoms with Crippen LogP contribution in [0.4, 0.5) is 4.39 Å². The van der Waals surface area contributed by atoms with Crippen LogP contribution in [-0.4, -0.2) is 17.2 Å². The van der Waals surface area contributed by atoms with E-state index in [9.17, 15) is 9.50 Å². The molecule has 1 aromatic heterocycles. The summed E-state index contributed by atoms with van der Waals surface area (Å²) in [7, 11) is 1.49. The maximum atomic E-state index is 13.7. The van der Waals surface area contributed by atoms with Gasteiger partial charge in [0.25, 0.3) is 0 Å². The fourth-order valence-electron chi connectivity index (χ4n) is 1.80. The van der Waals surface area contributed by atoms with Crippen molar-refractivity contribution < 1.29 is 14.2 Å². The van der Waals surface area contributed by atoms with Crippen LogP contribution in [0, 0.1) is 5.82 Å². The molecule has 104 valence electrons. The molecule has 0 atom stereocenters. The number of nitrogens with zero attached hydrogens (tertiary/aromatic N) is 1. The Hall–Kier alpha value is -2.07. The van der Waals surface area contributed by atoms with Crippen LogP contribution < -0.4 is 0 Å². The molecule has 0 saturated heterocycles. The maximum absolute atomic E-state index is 13.7. The molecule has 1 heterocycles. The van der Waals surface area contributed by atoms with Crippen LogP contribution in [0.5, 0.6) is 5.75 Å². The summed E-state index contributed by atoms with van der Waals surface area (Å²) in [6.07, 6.45) is 1.71. The molecule has 2 aromatic rings. The lowest BCUT2D eigenvalue weighted by Crippen LogP contribution is -1.98. The second kappa shape index (κ2) is 5.92. The summed E-state index contributed by atoms with van der Waals surface area (Å²) in [5.74, 6) is -0.607. The lowest BCUT2D eigenvalue weighted by molar-refractivity contribution is 0.371. The maximum Gasteiger partial charge on any atom is 0.168 e. The number of phenols is 1. The number of benzene rings is 1. The summed E-state index contributed by atoms with van der Waals surface area (Å²) < 4.78 is 18.8. The summed E-state index contributed by atoms with van der Waals surface area (Å²) in [5, 5.41) is 9.77. The Bertz CT molecular complexity index is 658. The average molecular weight is 294 g/mol. The quantitative estimate of drug-likeness (QED) is 0.872. The van der Waals surface area contributed by atoms with Crippen molar-refractivity contribution in [3.8, 4) is 5.75 Å². The third kappa shape index (κ3) is 2.91. The van der Waals surface area contributed by atoms with Crippen molar-refractivity contribution in [1.29, 1.82) is 0 Å². The molecule has 20 heavy (non-hydrogen) atoms. The van der Waals surface area contributed by atoms with Crippen molar-refractivity contribution in [2.45, 2.75) is 6.42 Å². The molecule has 0 unspecified atom stereocenters. The van der Waals surface area contributed by atoms with Crippen molar-refractivity contribution in [1.82, 2.24) is 4.98 Å². The van der Waals surface area contributed by atoms with Crippen LogP contribution in [0.25, 0.3) is 5.76 Å². The van der Waals surface area contributed by atoms with E-state index in [2.05, 4.69) is 11.6 Å². The van der Waals surface area contributed by atoms with Gasteiger partial charge in [-0.15, -0.1) is 0 Å². The highest BCUT2D eigenvalue weighted by atomic mass is 35.5. The number of aromatic nitrogens is 1. The highest BCUT2D eigenvalue weighted by Crippen LogP contribution is 2.25. The number of hydrogen-bond donors (Lipinski definition) is 1. The van der Waals surface area contributed by atoms with Gasteiger partial charge in [-0.3, -0.25) is 4.98 Å². The van der Waals surface area contributed by atoms with Gasteiger partial charge in [0.1, 0.15) is 5.76 Å². The van der Waals surface area contributed by atoms with Crippen LogP contribution in [0.2, 0.25) is 5.02 Å². The monoisotopic (exact) mass is 293 g/mol. The predicted molar refractivity (Wildman–Crippen MR) is 76.2 cm³/mol. The van der Waals surface area contributed by atoms with E-state index in [4.69, 9.17) is 16.3 Å². The molecule has 2 rings (SSSR count). The minimum Gasteiger partial charge on any atom is -0.505 e. The normalized spacial score (nSPS) is 10.3. The van der Waals surface area contributed by atoms with E-state index in [1.54, 1.807) is 18.2 Å². The molecule has 0 saturated carbocycles. The summed E-state index contributed by atoms with van der Waals surface area (Å²) >= 11 is 6.01. The minimum absolute atomic E-state index is 0.237. The molecule has 0 spiro atoms. The van der Waals surface area contributed by atoms with E-state index in [-0.39, 0.29) is 12.2 Å². The second-order valence-corrected chi connectivity index (χ2v) is 4.62. The van der Waals surface area contributed by atoms with E-state index in [1.165, 1.54) is 19.4 Å². The number of pyridine rings is 1. The number of hydrogen-bond acceptors (Lipinski definition) is 3. The molecular formula is C15H13ClFNO2. The molecule has 3 nitrogen and oxygen atoms in total. The van der Waals surface area contributed by atoms with Gasteiger partial charge in [0.05, 0.1) is 12.1 Å². The second-order valence-electron chi connectivity index (χ2n) is 4.21. The fraction of sp³-hybridized carbons (Fsp3) is 0.133. The lowest BCUT2D eigenvalue weighted by atomic mass is 10.1. The van der Waals surface area contributed by atoms with E-state index >= 15 is 0 Å². The summed E-state index contributed by atoms with van der Waals surface area (Å²) in [6.45, 7) is 3.74. The number of methoxy groups -OCH3 is 1. The summed E-state index contributed by atoms with van der Waals surface area (Å²) in [6, 6.07) is 6.17. The zero-order valence-electron chi connectivity index (χ0n) is 10.9. The molecule has 0 aliphatic carbocycles. The Morgan fingerprint density at radius 2 is 2.25 bits per heavy atom. The van der Waals surface area contributed by atoms with Gasteiger partial charge in [0, 0.05) is 23.9 Å². The Morgan fingerprint density at radius 1 is 1.50 bits per heavy atom. The molecular weight excluding hydrogens is 281 g/mol. The highest BCUT2D eigenvalue weighted by Gasteiger charge is 2.11. The third-order valence-electron chi connectivity index (χ3n) is 2.89. The molecule has 0 aliphatic rings. The number of aromatic hydroxyl groups is 1. The van der Waals surface area contributed by atoms with Gasteiger partial charge >= 0.3 is 0 Å². The molecule has 0 aliphatic heterocycles. The number of halogens is 2. The smallest absolute Gasteiger partial charge is 0.168 e. The van der Waals surface area contributed by atoms with E-state index < -0.39 is 5.82 Å². The summed E-state index contributed by atoms with van der Waals surface area (Å²) in [4.78, 5) is 4.14. The molecule has 1 aromatic carbocycles. The molecule has 0 radical (unpaired) electrons. The first kappa shape index (κ1) is 14.3. The fourth-order valence-corrected chi connectivity index (χ4v) is 2.01. The van der Waals surface area contributed by atoms with Gasteiger partial charge in [-0.2, -0.15) is 0 Å². The van der Waals surface area contributed by atoms with E-state index in [1.807, 2.05) is 0 Å². The number of ether oxygens (including phenoxy) is 1. The first-order valence-electron chi connectivity index (χ1n) is 5.87. The first-order valence-corrected chi connectivity index (χ1v) is 6.24. The van der Waals surface area contributed by atoms with Crippen LogP contribution in [0.15, 0.2) is 37.0 Å². The standard InChI is InChI=1S/C15H13ClFNO2/c1-9(20-2)12-7-11(18-8-13(12)16)6-10-4-3-5-14(19)15(10)17/h3-5,7-8,19H,1,6H2,2H3. The van der Waals surface area contributed by atoms with Crippen molar-refractivity contribution >= 4 is 17.4 Å². The summed E-state index contributed by atoms with van der Waals surface area (Å²) in [5.41, 5.74) is 1.57. The van der Waals surface area contributed by atoms with Crippen molar-refractivity contribution in [3.63, 3.8) is 0 Å². The molecule has 0 bridgehead atoms. The Balaban J connectivity index is 2.35. The third-order valence-corrected chi connectivity index (χ3v) is 3.19. The Morgan fingerprint density at radius 3 is 2.95 bits per heavy atom. The van der Waals surface area contributed by atoms with Gasteiger partial charge in [0.15, 0.2) is 11.6 Å². The molecule has 1 N–H and O–H groups in total.